The minimum atomic E-state index is -0.380. The van der Waals surface area contributed by atoms with E-state index in [1.807, 2.05) is 0 Å². The molecular weight excluding hydrogens is 255 g/mol. The molecule has 1 aromatic carbocycles. The van der Waals surface area contributed by atoms with Crippen molar-refractivity contribution in [3.8, 4) is 5.75 Å². The second kappa shape index (κ2) is 5.70. The van der Waals surface area contributed by atoms with Crippen molar-refractivity contribution in [2.24, 2.45) is 0 Å². The molecule has 0 radical (unpaired) electrons. The Hall–Kier alpha value is -1.13. The number of phenols is 1. The monoisotopic (exact) mass is 278 g/mol. The molecule has 1 N–H and O–H groups in total. The summed E-state index contributed by atoms with van der Waals surface area (Å²) < 4.78 is 13.1. The molecule has 0 saturated carbocycles. The molecule has 0 aromatic heterocycles. The van der Waals surface area contributed by atoms with Crippen molar-refractivity contribution < 1.29 is 9.50 Å². The van der Waals surface area contributed by atoms with Crippen LogP contribution in [0.4, 0.5) is 4.39 Å². The van der Waals surface area contributed by atoms with Crippen LogP contribution in [0.15, 0.2) is 18.2 Å². The Balaban J connectivity index is 1.67. The topological polar surface area (TPSA) is 26.7 Å². The van der Waals surface area contributed by atoms with E-state index in [9.17, 15) is 9.50 Å². The van der Waals surface area contributed by atoms with Gasteiger partial charge in [0, 0.05) is 36.8 Å². The number of hydrogen-bond donors (Lipinski definition) is 1. The first kappa shape index (κ1) is 13.8. The molecule has 2 aliphatic rings. The number of hydrogen-bond acceptors (Lipinski definition) is 3. The van der Waals surface area contributed by atoms with Gasteiger partial charge in [-0.1, -0.05) is 6.07 Å². The van der Waals surface area contributed by atoms with E-state index >= 15 is 0 Å². The maximum atomic E-state index is 13.1. The molecule has 20 heavy (non-hydrogen) atoms. The molecule has 2 fully saturated rings. The Morgan fingerprint density at radius 1 is 1.25 bits per heavy atom. The van der Waals surface area contributed by atoms with Crippen LogP contribution in [0.5, 0.6) is 5.75 Å². The first-order valence-corrected chi connectivity index (χ1v) is 7.61. The number of nitrogens with zero attached hydrogens (tertiary/aromatic N) is 2. The number of phenolic OH excluding ortho intramolecular Hbond substituents is 1. The lowest BCUT2D eigenvalue weighted by Gasteiger charge is -2.27. The summed E-state index contributed by atoms with van der Waals surface area (Å²) in [6.07, 6.45) is 3.85. The van der Waals surface area contributed by atoms with Crippen molar-refractivity contribution in [2.75, 3.05) is 26.2 Å². The highest BCUT2D eigenvalue weighted by molar-refractivity contribution is 5.35. The number of likely N-dealkylation sites (tertiary alicyclic amines) is 2. The summed E-state index contributed by atoms with van der Waals surface area (Å²) in [6.45, 7) is 6.67. The first-order chi connectivity index (χ1) is 9.65. The molecule has 4 heteroatoms. The fraction of sp³-hybridized carbons (Fsp3) is 0.625. The second-order valence-corrected chi connectivity index (χ2v) is 6.06. The molecule has 0 amide bonds. The largest absolute Gasteiger partial charge is 0.508 e. The Morgan fingerprint density at radius 2 is 2.00 bits per heavy atom. The van der Waals surface area contributed by atoms with Crippen LogP contribution in [0.25, 0.3) is 0 Å². The Bertz CT molecular complexity index is 474. The molecule has 0 aliphatic carbocycles. The zero-order chi connectivity index (χ0) is 14.1. The van der Waals surface area contributed by atoms with Crippen molar-refractivity contribution in [3.63, 3.8) is 0 Å². The van der Waals surface area contributed by atoms with Gasteiger partial charge in [-0.05, 0) is 45.3 Å². The van der Waals surface area contributed by atoms with Crippen LogP contribution < -0.4 is 0 Å². The van der Waals surface area contributed by atoms with Gasteiger partial charge in [0.2, 0.25) is 0 Å². The zero-order valence-electron chi connectivity index (χ0n) is 12.1. The molecule has 0 bridgehead atoms. The van der Waals surface area contributed by atoms with E-state index in [4.69, 9.17) is 0 Å². The Labute approximate surface area is 120 Å². The molecular formula is C16H23FN2O. The third kappa shape index (κ3) is 2.67. The van der Waals surface area contributed by atoms with Gasteiger partial charge in [0.25, 0.3) is 0 Å². The minimum absolute atomic E-state index is 0.0714. The van der Waals surface area contributed by atoms with E-state index < -0.39 is 0 Å². The second-order valence-electron chi connectivity index (χ2n) is 6.06. The molecule has 2 unspecified atom stereocenters. The summed E-state index contributed by atoms with van der Waals surface area (Å²) in [5.41, 5.74) is 0.827. The Kier molecular flexibility index (Phi) is 3.94. The van der Waals surface area contributed by atoms with E-state index in [0.29, 0.717) is 6.04 Å². The van der Waals surface area contributed by atoms with Gasteiger partial charge in [0.15, 0.2) is 0 Å². The van der Waals surface area contributed by atoms with Gasteiger partial charge in [-0.2, -0.15) is 0 Å². The lowest BCUT2D eigenvalue weighted by atomic mass is 10.1. The fourth-order valence-electron chi connectivity index (χ4n) is 3.59. The number of aromatic hydroxyl groups is 1. The van der Waals surface area contributed by atoms with E-state index in [1.54, 1.807) is 6.07 Å². The van der Waals surface area contributed by atoms with E-state index in [0.717, 1.165) is 18.7 Å². The molecule has 3 nitrogen and oxygen atoms in total. The maximum Gasteiger partial charge on any atom is 0.126 e. The van der Waals surface area contributed by atoms with Crippen LogP contribution in [0.1, 0.15) is 37.8 Å². The smallest absolute Gasteiger partial charge is 0.126 e. The molecule has 0 spiro atoms. The summed E-state index contributed by atoms with van der Waals surface area (Å²) in [5.74, 6) is -0.308. The van der Waals surface area contributed by atoms with Crippen LogP contribution in [-0.2, 0) is 0 Å². The molecule has 1 aromatic rings. The highest BCUT2D eigenvalue weighted by Gasteiger charge is 2.32. The standard InChI is InChI=1S/C16H23FN2O/c1-12(15-5-4-13(17)10-16(15)20)19-9-6-14(11-19)18-7-2-3-8-18/h4-5,10,12,14,20H,2-3,6-9,11H2,1H3. The zero-order valence-corrected chi connectivity index (χ0v) is 12.1. The van der Waals surface area contributed by atoms with Crippen molar-refractivity contribution >= 4 is 0 Å². The van der Waals surface area contributed by atoms with Gasteiger partial charge in [-0.25, -0.2) is 4.39 Å². The molecule has 110 valence electrons. The third-order valence-electron chi connectivity index (χ3n) is 4.84. The molecule has 2 saturated heterocycles. The van der Waals surface area contributed by atoms with Crippen molar-refractivity contribution in [3.05, 3.63) is 29.6 Å². The van der Waals surface area contributed by atoms with E-state index in [-0.39, 0.29) is 17.6 Å². The molecule has 2 aliphatic heterocycles. The third-order valence-corrected chi connectivity index (χ3v) is 4.84. The summed E-state index contributed by atoms with van der Waals surface area (Å²) >= 11 is 0. The average molecular weight is 278 g/mol. The SMILES string of the molecule is CC(c1ccc(F)cc1O)N1CCC(N2CCCC2)C1. The number of benzene rings is 1. The van der Waals surface area contributed by atoms with Gasteiger partial charge in [0.05, 0.1) is 0 Å². The van der Waals surface area contributed by atoms with Gasteiger partial charge in [-0.15, -0.1) is 0 Å². The fourth-order valence-corrected chi connectivity index (χ4v) is 3.59. The molecule has 2 atom stereocenters. The summed E-state index contributed by atoms with van der Waals surface area (Å²) in [6, 6.07) is 5.14. The predicted molar refractivity (Wildman–Crippen MR) is 77.3 cm³/mol. The molecule has 2 heterocycles. The highest BCUT2D eigenvalue weighted by atomic mass is 19.1. The van der Waals surface area contributed by atoms with Crippen molar-refractivity contribution in [1.29, 1.82) is 0 Å². The normalized spacial score (nSPS) is 26.2. The lowest BCUT2D eigenvalue weighted by Crippen LogP contribution is -2.35. The van der Waals surface area contributed by atoms with Gasteiger partial charge in [0.1, 0.15) is 11.6 Å². The van der Waals surface area contributed by atoms with E-state index in [1.165, 1.54) is 44.5 Å². The minimum Gasteiger partial charge on any atom is -0.508 e. The van der Waals surface area contributed by atoms with Crippen LogP contribution in [0, 0.1) is 5.82 Å². The van der Waals surface area contributed by atoms with Crippen LogP contribution >= 0.6 is 0 Å². The van der Waals surface area contributed by atoms with Crippen LogP contribution in [0.2, 0.25) is 0 Å². The first-order valence-electron chi connectivity index (χ1n) is 7.61. The van der Waals surface area contributed by atoms with Crippen LogP contribution in [-0.4, -0.2) is 47.1 Å². The average Bonchev–Trinajstić information content (AvgIpc) is 3.09. The number of rotatable bonds is 3. The molecule has 3 rings (SSSR count). The summed E-state index contributed by atoms with van der Waals surface area (Å²) in [7, 11) is 0. The van der Waals surface area contributed by atoms with Gasteiger partial charge < -0.3 is 5.11 Å². The maximum absolute atomic E-state index is 13.1. The highest BCUT2D eigenvalue weighted by Crippen LogP contribution is 2.32. The summed E-state index contributed by atoms with van der Waals surface area (Å²) in [4.78, 5) is 4.99. The lowest BCUT2D eigenvalue weighted by molar-refractivity contribution is 0.206. The summed E-state index contributed by atoms with van der Waals surface area (Å²) in [5, 5.41) is 9.92. The van der Waals surface area contributed by atoms with Crippen LogP contribution in [0.3, 0.4) is 0 Å². The number of halogens is 1. The Morgan fingerprint density at radius 3 is 2.70 bits per heavy atom. The van der Waals surface area contributed by atoms with Gasteiger partial charge >= 0.3 is 0 Å². The predicted octanol–water partition coefficient (Wildman–Crippen LogP) is 2.76. The van der Waals surface area contributed by atoms with Crippen molar-refractivity contribution in [2.45, 2.75) is 38.3 Å². The van der Waals surface area contributed by atoms with Gasteiger partial charge in [-0.3, -0.25) is 9.80 Å². The van der Waals surface area contributed by atoms with Crippen molar-refractivity contribution in [1.82, 2.24) is 9.80 Å². The van der Waals surface area contributed by atoms with E-state index in [2.05, 4.69) is 16.7 Å². The quantitative estimate of drug-likeness (QED) is 0.921.